The Morgan fingerprint density at radius 3 is 2.74 bits per heavy atom. The molecule has 1 aromatic carbocycles. The smallest absolute Gasteiger partial charge is 0.303 e. The summed E-state index contributed by atoms with van der Waals surface area (Å²) in [6.07, 6.45) is 0.371. The van der Waals surface area contributed by atoms with Crippen LogP contribution >= 0.6 is 0 Å². The fraction of sp³-hybridized carbons (Fsp3) is 0.308. The monoisotopic (exact) mass is 263 g/mol. The second-order valence-corrected chi connectivity index (χ2v) is 4.30. The highest BCUT2D eigenvalue weighted by Gasteiger charge is 2.11. The molecule has 0 aliphatic carbocycles. The van der Waals surface area contributed by atoms with Gasteiger partial charge in [-0.1, -0.05) is 6.07 Å². The molecule has 2 aromatic rings. The van der Waals surface area contributed by atoms with Gasteiger partial charge in [-0.3, -0.25) is 4.79 Å². The molecule has 2 rings (SSSR count). The molecule has 19 heavy (non-hydrogen) atoms. The number of hydrogen-bond acceptors (Lipinski definition) is 3. The fourth-order valence-electron chi connectivity index (χ4n) is 1.88. The first-order chi connectivity index (χ1) is 8.97. The Labute approximate surface area is 109 Å². The van der Waals surface area contributed by atoms with Gasteiger partial charge in [0, 0.05) is 6.42 Å². The number of aromatic nitrogens is 3. The van der Waals surface area contributed by atoms with Gasteiger partial charge in [0.05, 0.1) is 0 Å². The van der Waals surface area contributed by atoms with Crippen molar-refractivity contribution in [2.24, 2.45) is 0 Å². The number of carbonyl (C=O) groups is 1. The molecular weight excluding hydrogens is 249 g/mol. The van der Waals surface area contributed by atoms with Crippen LogP contribution in [-0.4, -0.2) is 25.8 Å². The van der Waals surface area contributed by atoms with Crippen molar-refractivity contribution in [3.63, 3.8) is 0 Å². The zero-order chi connectivity index (χ0) is 14.0. The summed E-state index contributed by atoms with van der Waals surface area (Å²) in [4.78, 5) is 14.7. The van der Waals surface area contributed by atoms with Crippen LogP contribution in [-0.2, 0) is 11.2 Å². The van der Waals surface area contributed by atoms with E-state index in [4.69, 9.17) is 5.11 Å². The van der Waals surface area contributed by atoms with Gasteiger partial charge in [0.1, 0.15) is 23.2 Å². The Bertz CT molecular complexity index is 622. The summed E-state index contributed by atoms with van der Waals surface area (Å²) in [6, 6.07) is 4.52. The highest BCUT2D eigenvalue weighted by atomic mass is 19.1. The van der Waals surface area contributed by atoms with Gasteiger partial charge in [0.25, 0.3) is 0 Å². The maximum atomic E-state index is 13.8. The third kappa shape index (κ3) is 2.96. The largest absolute Gasteiger partial charge is 0.481 e. The lowest BCUT2D eigenvalue weighted by Gasteiger charge is -2.07. The molecule has 0 saturated heterocycles. The van der Waals surface area contributed by atoms with Crippen LogP contribution in [0.3, 0.4) is 0 Å². The molecule has 1 aromatic heterocycles. The van der Waals surface area contributed by atoms with E-state index in [1.165, 1.54) is 10.7 Å². The molecule has 0 aliphatic rings. The van der Waals surface area contributed by atoms with E-state index in [-0.39, 0.29) is 6.42 Å². The first kappa shape index (κ1) is 13.2. The highest BCUT2D eigenvalue weighted by molar-refractivity contribution is 5.67. The second-order valence-electron chi connectivity index (χ2n) is 4.30. The van der Waals surface area contributed by atoms with E-state index in [1.54, 1.807) is 26.0 Å². The third-order valence-corrected chi connectivity index (χ3v) is 2.74. The summed E-state index contributed by atoms with van der Waals surface area (Å²) in [7, 11) is 0. The van der Waals surface area contributed by atoms with Gasteiger partial charge in [-0.25, -0.2) is 14.1 Å². The molecule has 1 N–H and O–H groups in total. The third-order valence-electron chi connectivity index (χ3n) is 2.74. The van der Waals surface area contributed by atoms with Gasteiger partial charge in [-0.2, -0.15) is 5.10 Å². The summed E-state index contributed by atoms with van der Waals surface area (Å²) in [6.45, 7) is 3.47. The van der Waals surface area contributed by atoms with Crippen molar-refractivity contribution in [2.75, 3.05) is 0 Å². The van der Waals surface area contributed by atoms with Crippen LogP contribution in [0.5, 0.6) is 0 Å². The normalized spacial score (nSPS) is 10.7. The van der Waals surface area contributed by atoms with Crippen molar-refractivity contribution in [1.82, 2.24) is 14.8 Å². The van der Waals surface area contributed by atoms with Crippen molar-refractivity contribution >= 4 is 5.97 Å². The highest BCUT2D eigenvalue weighted by Crippen LogP contribution is 2.17. The van der Waals surface area contributed by atoms with Crippen LogP contribution in [0.15, 0.2) is 18.2 Å². The number of halogens is 1. The summed E-state index contributed by atoms with van der Waals surface area (Å²) < 4.78 is 15.3. The first-order valence-electron chi connectivity index (χ1n) is 5.88. The van der Waals surface area contributed by atoms with Gasteiger partial charge in [0.2, 0.25) is 0 Å². The summed E-state index contributed by atoms with van der Waals surface area (Å²) in [5.41, 5.74) is 1.05. The number of aryl methyl sites for hydroxylation is 3. The topological polar surface area (TPSA) is 68.0 Å². The Hall–Kier alpha value is -2.24. The lowest BCUT2D eigenvalue weighted by atomic mass is 10.1. The molecule has 0 atom stereocenters. The number of nitrogens with zero attached hydrogens (tertiary/aromatic N) is 3. The van der Waals surface area contributed by atoms with Gasteiger partial charge in [-0.15, -0.1) is 0 Å². The van der Waals surface area contributed by atoms with E-state index in [2.05, 4.69) is 10.1 Å². The molecule has 6 heteroatoms. The van der Waals surface area contributed by atoms with Crippen molar-refractivity contribution < 1.29 is 14.3 Å². The Morgan fingerprint density at radius 1 is 1.42 bits per heavy atom. The number of rotatable bonds is 4. The van der Waals surface area contributed by atoms with E-state index in [1.807, 2.05) is 0 Å². The first-order valence-corrected chi connectivity index (χ1v) is 5.88. The van der Waals surface area contributed by atoms with Crippen LogP contribution in [0.2, 0.25) is 0 Å². The molecule has 0 unspecified atom stereocenters. The molecule has 100 valence electrons. The Balaban J connectivity index is 2.37. The van der Waals surface area contributed by atoms with E-state index < -0.39 is 11.8 Å². The number of hydrogen-bond donors (Lipinski definition) is 1. The predicted octanol–water partition coefficient (Wildman–Crippen LogP) is 2.04. The number of carboxylic acid groups (broad SMARTS) is 1. The lowest BCUT2D eigenvalue weighted by molar-refractivity contribution is -0.136. The van der Waals surface area contributed by atoms with Crippen LogP contribution < -0.4 is 0 Å². The number of aliphatic carboxylic acids is 1. The van der Waals surface area contributed by atoms with Crippen LogP contribution in [0.4, 0.5) is 4.39 Å². The van der Waals surface area contributed by atoms with Crippen LogP contribution in [0.25, 0.3) is 5.69 Å². The van der Waals surface area contributed by atoms with Gasteiger partial charge < -0.3 is 5.11 Å². The van der Waals surface area contributed by atoms with Crippen molar-refractivity contribution in [1.29, 1.82) is 0 Å². The zero-order valence-electron chi connectivity index (χ0n) is 10.7. The predicted molar refractivity (Wildman–Crippen MR) is 66.7 cm³/mol. The molecule has 0 saturated carbocycles. The fourth-order valence-corrected chi connectivity index (χ4v) is 1.88. The number of carboxylic acids is 1. The maximum absolute atomic E-state index is 13.8. The van der Waals surface area contributed by atoms with Crippen LogP contribution in [0.1, 0.15) is 23.6 Å². The molecule has 5 nitrogen and oxygen atoms in total. The zero-order valence-corrected chi connectivity index (χ0v) is 10.7. The van der Waals surface area contributed by atoms with E-state index in [0.29, 0.717) is 23.8 Å². The average Bonchev–Trinajstić information content (AvgIpc) is 2.67. The van der Waals surface area contributed by atoms with Crippen molar-refractivity contribution in [3.05, 3.63) is 41.2 Å². The van der Waals surface area contributed by atoms with Crippen LogP contribution in [0, 0.1) is 19.7 Å². The second kappa shape index (κ2) is 5.17. The van der Waals surface area contributed by atoms with E-state index in [9.17, 15) is 9.18 Å². The molecule has 1 heterocycles. The molecule has 0 aliphatic heterocycles. The standard InChI is InChI=1S/C13H14FN3O2/c1-8-15-9(2)17(16-8)12-7-10(3-5-11(12)14)4-6-13(18)19/h3,5,7H,4,6H2,1-2H3,(H,18,19). The summed E-state index contributed by atoms with van der Waals surface area (Å²) in [5, 5.41) is 12.8. The average molecular weight is 263 g/mol. The SMILES string of the molecule is Cc1nc(C)n(-c2cc(CCC(=O)O)ccc2F)n1. The van der Waals surface area contributed by atoms with Gasteiger partial charge >= 0.3 is 5.97 Å². The van der Waals surface area contributed by atoms with Gasteiger partial charge in [0.15, 0.2) is 0 Å². The molecular formula is C13H14FN3O2. The van der Waals surface area contributed by atoms with E-state index in [0.717, 1.165) is 5.56 Å². The van der Waals surface area contributed by atoms with Crippen molar-refractivity contribution in [2.45, 2.75) is 26.7 Å². The van der Waals surface area contributed by atoms with E-state index >= 15 is 0 Å². The number of benzene rings is 1. The molecule has 0 amide bonds. The quantitative estimate of drug-likeness (QED) is 0.916. The minimum atomic E-state index is -0.876. The molecule has 0 fully saturated rings. The Morgan fingerprint density at radius 2 is 2.16 bits per heavy atom. The maximum Gasteiger partial charge on any atom is 0.303 e. The molecule has 0 spiro atoms. The summed E-state index contributed by atoms with van der Waals surface area (Å²) in [5.74, 6) is -0.134. The van der Waals surface area contributed by atoms with Gasteiger partial charge in [-0.05, 0) is 38.0 Å². The molecule has 0 bridgehead atoms. The Kier molecular flexibility index (Phi) is 3.59. The molecule has 0 radical (unpaired) electrons. The minimum Gasteiger partial charge on any atom is -0.481 e. The minimum absolute atomic E-state index is 0.0143. The summed E-state index contributed by atoms with van der Waals surface area (Å²) >= 11 is 0. The van der Waals surface area contributed by atoms with Crippen molar-refractivity contribution in [3.8, 4) is 5.69 Å². The lowest BCUT2D eigenvalue weighted by Crippen LogP contribution is -2.04.